The molecule has 0 spiro atoms. The van der Waals surface area contributed by atoms with Crippen molar-refractivity contribution in [2.75, 3.05) is 39.6 Å². The van der Waals surface area contributed by atoms with Crippen molar-refractivity contribution in [3.05, 3.63) is 24.3 Å². The minimum absolute atomic E-state index is 0.0845. The molecule has 0 saturated carbocycles. The SMILES string of the molecule is CCCCCC/C=C\C=C/CCCCCCCC(=O)O[C@H](COC(=O)CCCCCCCCCCCCC(C)CC)COP(=O)(O)OC[C@@H](O)COP(=O)(O)OC[C@@H](COC(=O)CCCCCCCCCCCC(C)C)OC(=O)CCCCCCCCCCCC(C)C. The van der Waals surface area contributed by atoms with Crippen LogP contribution in [-0.2, 0) is 65.4 Å². The van der Waals surface area contributed by atoms with Gasteiger partial charge in [0.2, 0.25) is 0 Å². The average molecular weight is 1360 g/mol. The number of rotatable bonds is 70. The average Bonchev–Trinajstić information content (AvgIpc) is 3.59. The van der Waals surface area contributed by atoms with Crippen molar-refractivity contribution < 1.29 is 80.2 Å². The van der Waals surface area contributed by atoms with Gasteiger partial charge in [0, 0.05) is 25.7 Å². The highest BCUT2D eigenvalue weighted by Crippen LogP contribution is 2.45. The zero-order chi connectivity index (χ0) is 68.7. The van der Waals surface area contributed by atoms with Gasteiger partial charge in [-0.1, -0.05) is 297 Å². The number of phosphoric ester groups is 2. The molecule has 17 nitrogen and oxygen atoms in total. The first-order valence-electron chi connectivity index (χ1n) is 37.7. The summed E-state index contributed by atoms with van der Waals surface area (Å²) < 4.78 is 68.4. The summed E-state index contributed by atoms with van der Waals surface area (Å²) in [5.74, 6) is 0.132. The van der Waals surface area contributed by atoms with Gasteiger partial charge in [0.25, 0.3) is 0 Å². The van der Waals surface area contributed by atoms with Crippen molar-refractivity contribution >= 4 is 39.5 Å². The van der Waals surface area contributed by atoms with Gasteiger partial charge in [-0.15, -0.1) is 0 Å². The van der Waals surface area contributed by atoms with E-state index in [1.807, 2.05) is 0 Å². The van der Waals surface area contributed by atoms with Crippen LogP contribution in [0.5, 0.6) is 0 Å². The Kier molecular flexibility index (Phi) is 62.5. The van der Waals surface area contributed by atoms with Gasteiger partial charge in [-0.05, 0) is 69.1 Å². The molecule has 93 heavy (non-hydrogen) atoms. The van der Waals surface area contributed by atoms with Crippen LogP contribution in [0.3, 0.4) is 0 Å². The topological polar surface area (TPSA) is 237 Å². The van der Waals surface area contributed by atoms with E-state index in [9.17, 15) is 43.2 Å². The molecule has 0 aliphatic carbocycles. The van der Waals surface area contributed by atoms with E-state index in [-0.39, 0.29) is 25.7 Å². The van der Waals surface area contributed by atoms with Crippen molar-refractivity contribution in [1.29, 1.82) is 0 Å². The Labute approximate surface area is 567 Å². The Morgan fingerprint density at radius 3 is 0.957 bits per heavy atom. The van der Waals surface area contributed by atoms with Crippen LogP contribution >= 0.6 is 15.6 Å². The van der Waals surface area contributed by atoms with Crippen molar-refractivity contribution in [2.24, 2.45) is 17.8 Å². The normalized spacial score (nSPS) is 14.6. The van der Waals surface area contributed by atoms with E-state index in [0.29, 0.717) is 25.7 Å². The van der Waals surface area contributed by atoms with E-state index >= 15 is 0 Å². The summed E-state index contributed by atoms with van der Waals surface area (Å²) in [5, 5.41) is 10.6. The highest BCUT2D eigenvalue weighted by molar-refractivity contribution is 7.47. The second-order valence-corrected chi connectivity index (χ2v) is 30.1. The van der Waals surface area contributed by atoms with Crippen LogP contribution in [0.2, 0.25) is 0 Å². The number of carbonyl (C=O) groups is 4. The van der Waals surface area contributed by atoms with Crippen LogP contribution in [0, 0.1) is 17.8 Å². The van der Waals surface area contributed by atoms with E-state index in [0.717, 1.165) is 120 Å². The smallest absolute Gasteiger partial charge is 0.462 e. The van der Waals surface area contributed by atoms with E-state index in [2.05, 4.69) is 72.8 Å². The predicted molar refractivity (Wildman–Crippen MR) is 377 cm³/mol. The largest absolute Gasteiger partial charge is 0.472 e. The van der Waals surface area contributed by atoms with E-state index < -0.39 is 97.5 Å². The zero-order valence-electron chi connectivity index (χ0n) is 60.2. The third-order valence-electron chi connectivity index (χ3n) is 16.9. The molecule has 0 bridgehead atoms. The fraction of sp³-hybridized carbons (Fsp3) is 0.892. The number of unbranched alkanes of at least 4 members (excludes halogenated alkanes) is 34. The molecule has 0 aromatic heterocycles. The lowest BCUT2D eigenvalue weighted by Gasteiger charge is -2.21. The molecule has 548 valence electrons. The Hall–Kier alpha value is -2.46. The lowest BCUT2D eigenvalue weighted by Crippen LogP contribution is -2.30. The summed E-state index contributed by atoms with van der Waals surface area (Å²) in [4.78, 5) is 72.7. The van der Waals surface area contributed by atoms with Crippen LogP contribution in [-0.4, -0.2) is 96.7 Å². The summed E-state index contributed by atoms with van der Waals surface area (Å²) in [6, 6.07) is 0. The van der Waals surface area contributed by atoms with Gasteiger partial charge in [0.05, 0.1) is 26.4 Å². The molecule has 0 fully saturated rings. The monoisotopic (exact) mass is 1360 g/mol. The molecule has 3 unspecified atom stereocenters. The van der Waals surface area contributed by atoms with Gasteiger partial charge in [-0.3, -0.25) is 37.3 Å². The van der Waals surface area contributed by atoms with Crippen LogP contribution in [0.4, 0.5) is 0 Å². The number of hydrogen-bond acceptors (Lipinski definition) is 15. The van der Waals surface area contributed by atoms with Crippen molar-refractivity contribution in [3.8, 4) is 0 Å². The molecule has 0 aromatic rings. The maximum atomic E-state index is 13.1. The lowest BCUT2D eigenvalue weighted by atomic mass is 9.99. The number of esters is 4. The summed E-state index contributed by atoms with van der Waals surface area (Å²) in [7, 11) is -9.92. The molecule has 0 aliphatic heterocycles. The second-order valence-electron chi connectivity index (χ2n) is 27.2. The summed E-state index contributed by atoms with van der Waals surface area (Å²) in [6.07, 6.45) is 52.0. The number of carbonyl (C=O) groups excluding carboxylic acids is 4. The van der Waals surface area contributed by atoms with Crippen LogP contribution in [0.25, 0.3) is 0 Å². The quantitative estimate of drug-likeness (QED) is 0.0169. The van der Waals surface area contributed by atoms with Gasteiger partial charge >= 0.3 is 39.5 Å². The lowest BCUT2D eigenvalue weighted by molar-refractivity contribution is -0.161. The molecular weight excluding hydrogens is 1220 g/mol. The maximum Gasteiger partial charge on any atom is 0.472 e. The zero-order valence-corrected chi connectivity index (χ0v) is 62.0. The molecular formula is C74H140O17P2. The van der Waals surface area contributed by atoms with E-state index in [1.165, 1.54) is 148 Å². The number of aliphatic hydroxyl groups is 1. The number of phosphoric acid groups is 2. The first-order chi connectivity index (χ1) is 44.8. The Balaban J connectivity index is 5.31. The summed E-state index contributed by atoms with van der Waals surface area (Å²) in [5.41, 5.74) is 0. The van der Waals surface area contributed by atoms with Gasteiger partial charge < -0.3 is 33.8 Å². The molecule has 0 aliphatic rings. The molecule has 19 heteroatoms. The Morgan fingerprint density at radius 1 is 0.355 bits per heavy atom. The van der Waals surface area contributed by atoms with E-state index in [4.69, 9.17) is 37.0 Å². The maximum absolute atomic E-state index is 13.1. The predicted octanol–water partition coefficient (Wildman–Crippen LogP) is 21.0. The minimum Gasteiger partial charge on any atom is -0.462 e. The first-order valence-corrected chi connectivity index (χ1v) is 40.7. The first kappa shape index (κ1) is 90.5. The third-order valence-corrected chi connectivity index (χ3v) is 18.8. The Bertz CT molecular complexity index is 1910. The second kappa shape index (κ2) is 64.2. The van der Waals surface area contributed by atoms with Crippen molar-refractivity contribution in [1.82, 2.24) is 0 Å². The number of aliphatic hydroxyl groups excluding tert-OH is 1. The summed E-state index contributed by atoms with van der Waals surface area (Å²) in [6.45, 7) is 11.8. The molecule has 0 radical (unpaired) electrons. The fourth-order valence-corrected chi connectivity index (χ4v) is 12.3. The standard InChI is InChI=1S/C74H140O17P2/c1-8-10-11-12-13-14-15-16-17-18-19-28-36-43-50-57-73(78)90-69(61-84-71(76)55-48-41-34-27-21-20-26-33-40-47-54-67(7)9-2)63-88-92(80,81)86-59-68(75)60-87-93(82,83)89-64-70(91-74(79)58-51-44-37-30-23-25-32-39-46-53-66(5)6)62-85-72(77)56-49-42-35-29-22-24-31-38-45-52-65(3)4/h14-17,65-70,75H,8-13,18-64H2,1-7H3,(H,80,81)(H,82,83)/b15-14-,17-16-/t67?,68-,69-,70-/m1/s1. The third kappa shape index (κ3) is 66.6. The molecule has 0 amide bonds. The highest BCUT2D eigenvalue weighted by Gasteiger charge is 2.30. The van der Waals surface area contributed by atoms with Crippen molar-refractivity contribution in [2.45, 2.75) is 369 Å². The molecule has 0 rings (SSSR count). The molecule has 0 aromatic carbocycles. The van der Waals surface area contributed by atoms with E-state index in [1.54, 1.807) is 0 Å². The molecule has 6 atom stereocenters. The number of ether oxygens (including phenoxy) is 4. The van der Waals surface area contributed by atoms with Crippen LogP contribution in [0.15, 0.2) is 24.3 Å². The van der Waals surface area contributed by atoms with Crippen LogP contribution < -0.4 is 0 Å². The molecule has 3 N–H and O–H groups in total. The fourth-order valence-electron chi connectivity index (χ4n) is 10.7. The Morgan fingerprint density at radius 2 is 0.634 bits per heavy atom. The van der Waals surface area contributed by atoms with Crippen molar-refractivity contribution in [3.63, 3.8) is 0 Å². The van der Waals surface area contributed by atoms with Crippen LogP contribution in [0.1, 0.15) is 350 Å². The minimum atomic E-state index is -4.96. The molecule has 0 heterocycles. The van der Waals surface area contributed by atoms with Gasteiger partial charge in [-0.25, -0.2) is 9.13 Å². The van der Waals surface area contributed by atoms with Gasteiger partial charge in [0.15, 0.2) is 12.2 Å². The summed E-state index contributed by atoms with van der Waals surface area (Å²) >= 11 is 0. The van der Waals surface area contributed by atoms with Gasteiger partial charge in [0.1, 0.15) is 19.3 Å². The molecule has 0 saturated heterocycles. The number of allylic oxidation sites excluding steroid dienone is 4. The highest BCUT2D eigenvalue weighted by atomic mass is 31.2. The number of hydrogen-bond donors (Lipinski definition) is 3. The van der Waals surface area contributed by atoms with Gasteiger partial charge in [-0.2, -0.15) is 0 Å².